The molecule has 0 bridgehead atoms. The van der Waals surface area contributed by atoms with Crippen molar-refractivity contribution >= 4 is 5.91 Å². The van der Waals surface area contributed by atoms with Gasteiger partial charge in [0.2, 0.25) is 0 Å². The van der Waals surface area contributed by atoms with Crippen LogP contribution in [0.25, 0.3) is 0 Å². The fraction of sp³-hybridized carbons (Fsp3) is 0.579. The maximum Gasteiger partial charge on any atom is 0.255 e. The number of hydrogen-bond donors (Lipinski definition) is 0. The van der Waals surface area contributed by atoms with E-state index in [9.17, 15) is 4.79 Å². The van der Waals surface area contributed by atoms with Gasteiger partial charge in [-0.2, -0.15) is 5.10 Å². The summed E-state index contributed by atoms with van der Waals surface area (Å²) in [6.45, 7) is 12.1. The predicted octanol–water partition coefficient (Wildman–Crippen LogP) is 3.50. The minimum Gasteiger partial charge on any atom is -0.346 e. The average Bonchev–Trinajstić information content (AvgIpc) is 3.19. The maximum atomic E-state index is 13.1. The van der Waals surface area contributed by atoms with Crippen LogP contribution < -0.4 is 0 Å². The standard InChI is InChI=1S/C19H28N4O/c1-13(2)23-15(4)9-18(16(23)5)19(24)22-8-6-7-17(22)12-21-11-14(3)10-20-21/h9-11,13,17H,6-8,12H2,1-5H3. The molecule has 0 N–H and O–H groups in total. The molecule has 2 aromatic rings. The number of hydrogen-bond acceptors (Lipinski definition) is 2. The van der Waals surface area contributed by atoms with Gasteiger partial charge in [-0.25, -0.2) is 0 Å². The lowest BCUT2D eigenvalue weighted by atomic mass is 10.1. The molecule has 1 aliphatic heterocycles. The highest BCUT2D eigenvalue weighted by Crippen LogP contribution is 2.26. The summed E-state index contributed by atoms with van der Waals surface area (Å²) in [6.07, 6.45) is 6.04. The Kier molecular flexibility index (Phi) is 4.52. The van der Waals surface area contributed by atoms with Gasteiger partial charge in [-0.3, -0.25) is 9.48 Å². The molecule has 1 fully saturated rings. The van der Waals surface area contributed by atoms with Crippen LogP contribution in [0.15, 0.2) is 18.5 Å². The number of amides is 1. The van der Waals surface area contributed by atoms with E-state index in [1.54, 1.807) is 0 Å². The number of carbonyl (C=O) groups is 1. The van der Waals surface area contributed by atoms with Crippen LogP contribution in [-0.4, -0.2) is 37.7 Å². The van der Waals surface area contributed by atoms with E-state index in [0.717, 1.165) is 48.4 Å². The molecule has 5 heteroatoms. The first-order chi connectivity index (χ1) is 11.4. The molecular weight excluding hydrogens is 300 g/mol. The summed E-state index contributed by atoms with van der Waals surface area (Å²) >= 11 is 0. The predicted molar refractivity (Wildman–Crippen MR) is 95.3 cm³/mol. The fourth-order valence-electron chi connectivity index (χ4n) is 4.02. The highest BCUT2D eigenvalue weighted by Gasteiger charge is 2.31. The van der Waals surface area contributed by atoms with Gasteiger partial charge in [0.15, 0.2) is 0 Å². The number of likely N-dealkylation sites (tertiary alicyclic amines) is 1. The van der Waals surface area contributed by atoms with E-state index in [1.165, 1.54) is 0 Å². The molecule has 0 aliphatic carbocycles. The van der Waals surface area contributed by atoms with E-state index in [-0.39, 0.29) is 11.9 Å². The average molecular weight is 328 g/mol. The molecule has 3 heterocycles. The number of aromatic nitrogens is 3. The van der Waals surface area contributed by atoms with E-state index >= 15 is 0 Å². The lowest BCUT2D eigenvalue weighted by Gasteiger charge is -2.25. The molecule has 0 radical (unpaired) electrons. The quantitative estimate of drug-likeness (QED) is 0.862. The Balaban J connectivity index is 1.82. The van der Waals surface area contributed by atoms with Gasteiger partial charge in [-0.15, -0.1) is 0 Å². The van der Waals surface area contributed by atoms with Crippen LogP contribution >= 0.6 is 0 Å². The minimum absolute atomic E-state index is 0.168. The van der Waals surface area contributed by atoms with Crippen LogP contribution in [0.3, 0.4) is 0 Å². The van der Waals surface area contributed by atoms with Crippen molar-refractivity contribution in [2.24, 2.45) is 0 Å². The van der Waals surface area contributed by atoms with Gasteiger partial charge >= 0.3 is 0 Å². The molecule has 0 saturated carbocycles. The Hall–Kier alpha value is -2.04. The smallest absolute Gasteiger partial charge is 0.255 e. The number of carbonyl (C=O) groups excluding carboxylic acids is 1. The third-order valence-corrected chi connectivity index (χ3v) is 5.03. The summed E-state index contributed by atoms with van der Waals surface area (Å²) in [5.41, 5.74) is 4.24. The molecule has 3 rings (SSSR count). The zero-order chi connectivity index (χ0) is 17.4. The number of aryl methyl sites for hydroxylation is 2. The Bertz CT molecular complexity index is 741. The van der Waals surface area contributed by atoms with Crippen molar-refractivity contribution in [3.63, 3.8) is 0 Å². The van der Waals surface area contributed by atoms with E-state index in [4.69, 9.17) is 0 Å². The van der Waals surface area contributed by atoms with E-state index in [2.05, 4.69) is 37.4 Å². The second kappa shape index (κ2) is 6.46. The van der Waals surface area contributed by atoms with Gasteiger partial charge in [-0.05, 0) is 59.1 Å². The second-order valence-electron chi connectivity index (χ2n) is 7.28. The molecule has 130 valence electrons. The van der Waals surface area contributed by atoms with Crippen molar-refractivity contribution in [3.8, 4) is 0 Å². The molecule has 1 atom stereocenters. The molecule has 0 aromatic carbocycles. The zero-order valence-corrected chi connectivity index (χ0v) is 15.4. The van der Waals surface area contributed by atoms with Crippen LogP contribution in [-0.2, 0) is 6.54 Å². The minimum atomic E-state index is 0.168. The highest BCUT2D eigenvalue weighted by molar-refractivity contribution is 5.96. The van der Waals surface area contributed by atoms with Crippen LogP contribution in [0.2, 0.25) is 0 Å². The van der Waals surface area contributed by atoms with Gasteiger partial charge < -0.3 is 9.47 Å². The molecule has 5 nitrogen and oxygen atoms in total. The SMILES string of the molecule is Cc1cnn(CC2CCCN2C(=O)c2cc(C)n(C(C)C)c2C)c1. The Morgan fingerprint density at radius 1 is 1.33 bits per heavy atom. The van der Waals surface area contributed by atoms with Crippen molar-refractivity contribution in [1.82, 2.24) is 19.2 Å². The third kappa shape index (κ3) is 2.99. The monoisotopic (exact) mass is 328 g/mol. The molecule has 0 spiro atoms. The summed E-state index contributed by atoms with van der Waals surface area (Å²) in [4.78, 5) is 15.2. The molecule has 1 amide bonds. The lowest BCUT2D eigenvalue weighted by molar-refractivity contribution is 0.0720. The Morgan fingerprint density at radius 3 is 2.67 bits per heavy atom. The lowest BCUT2D eigenvalue weighted by Crippen LogP contribution is -2.38. The summed E-state index contributed by atoms with van der Waals surface area (Å²) in [6, 6.07) is 2.65. The summed E-state index contributed by atoms with van der Waals surface area (Å²) < 4.78 is 4.21. The van der Waals surface area contributed by atoms with Gasteiger partial charge in [0.1, 0.15) is 0 Å². The van der Waals surface area contributed by atoms with Crippen LogP contribution in [0.1, 0.15) is 60.0 Å². The van der Waals surface area contributed by atoms with Gasteiger partial charge in [-0.1, -0.05) is 0 Å². The maximum absolute atomic E-state index is 13.1. The van der Waals surface area contributed by atoms with Crippen LogP contribution in [0.4, 0.5) is 0 Å². The topological polar surface area (TPSA) is 43.1 Å². The first-order valence-electron chi connectivity index (χ1n) is 8.87. The molecule has 24 heavy (non-hydrogen) atoms. The van der Waals surface area contributed by atoms with E-state index in [0.29, 0.717) is 6.04 Å². The largest absolute Gasteiger partial charge is 0.346 e. The Labute approximate surface area is 144 Å². The van der Waals surface area contributed by atoms with Crippen molar-refractivity contribution in [3.05, 3.63) is 41.0 Å². The molecular formula is C19H28N4O. The highest BCUT2D eigenvalue weighted by atomic mass is 16.2. The van der Waals surface area contributed by atoms with Crippen molar-refractivity contribution < 1.29 is 4.79 Å². The van der Waals surface area contributed by atoms with Crippen molar-refractivity contribution in [2.75, 3.05) is 6.54 Å². The Morgan fingerprint density at radius 2 is 2.08 bits per heavy atom. The first kappa shape index (κ1) is 16.8. The molecule has 2 aromatic heterocycles. The van der Waals surface area contributed by atoms with E-state index in [1.807, 2.05) is 35.0 Å². The van der Waals surface area contributed by atoms with Crippen molar-refractivity contribution in [1.29, 1.82) is 0 Å². The van der Waals surface area contributed by atoms with Gasteiger partial charge in [0.05, 0.1) is 24.3 Å². The molecule has 1 unspecified atom stereocenters. The van der Waals surface area contributed by atoms with Gasteiger partial charge in [0.25, 0.3) is 5.91 Å². The summed E-state index contributed by atoms with van der Waals surface area (Å²) in [5.74, 6) is 0.168. The number of nitrogens with zero attached hydrogens (tertiary/aromatic N) is 4. The van der Waals surface area contributed by atoms with Crippen LogP contribution in [0.5, 0.6) is 0 Å². The van der Waals surface area contributed by atoms with Gasteiger partial charge in [0, 0.05) is 30.2 Å². The zero-order valence-electron chi connectivity index (χ0n) is 15.4. The summed E-state index contributed by atoms with van der Waals surface area (Å²) in [5, 5.41) is 4.38. The molecule has 1 saturated heterocycles. The number of rotatable bonds is 4. The van der Waals surface area contributed by atoms with Crippen molar-refractivity contribution in [2.45, 2.75) is 66.1 Å². The second-order valence-corrected chi connectivity index (χ2v) is 7.28. The fourth-order valence-corrected chi connectivity index (χ4v) is 4.02. The van der Waals surface area contributed by atoms with Crippen LogP contribution in [0, 0.1) is 20.8 Å². The summed E-state index contributed by atoms with van der Waals surface area (Å²) in [7, 11) is 0. The molecule has 1 aliphatic rings. The van der Waals surface area contributed by atoms with E-state index < -0.39 is 0 Å². The normalized spacial score (nSPS) is 17.9. The first-order valence-corrected chi connectivity index (χ1v) is 8.87. The third-order valence-electron chi connectivity index (χ3n) is 5.03.